The Balaban J connectivity index is 3.28. The highest BCUT2D eigenvalue weighted by Gasteiger charge is 2.18. The molecule has 17 heavy (non-hydrogen) atoms. The van der Waals surface area contributed by atoms with Gasteiger partial charge in [-0.25, -0.2) is 0 Å². The summed E-state index contributed by atoms with van der Waals surface area (Å²) >= 11 is 5.33. The molecule has 1 aromatic rings. The summed E-state index contributed by atoms with van der Waals surface area (Å²) in [5.41, 5.74) is -0.0411. The van der Waals surface area contributed by atoms with Gasteiger partial charge >= 0.3 is 11.9 Å². The van der Waals surface area contributed by atoms with Gasteiger partial charge in [-0.3, -0.25) is 14.4 Å². The van der Waals surface area contributed by atoms with Gasteiger partial charge in [0.1, 0.15) is 0 Å². The molecule has 1 rings (SSSR count). The second kappa shape index (κ2) is 5.45. The van der Waals surface area contributed by atoms with Crippen LogP contribution in [0.25, 0.3) is 0 Å². The minimum absolute atomic E-state index is 0.0285. The van der Waals surface area contributed by atoms with Crippen molar-refractivity contribution in [3.05, 3.63) is 23.8 Å². The van der Waals surface area contributed by atoms with Crippen LogP contribution in [-0.4, -0.2) is 17.2 Å². The van der Waals surface area contributed by atoms with Crippen molar-refractivity contribution >= 4 is 28.8 Å². The van der Waals surface area contributed by atoms with Crippen LogP contribution < -0.4 is 9.47 Å². The lowest BCUT2D eigenvalue weighted by Crippen LogP contribution is -2.09. The Hall–Kier alpha value is -1.88. The predicted molar refractivity (Wildman–Crippen MR) is 59.2 cm³/mol. The third-order valence-corrected chi connectivity index (χ3v) is 1.89. The first kappa shape index (κ1) is 13.2. The molecule has 90 valence electrons. The largest absolute Gasteiger partial charge is 0.423 e. The van der Waals surface area contributed by atoms with Crippen LogP contribution >= 0.6 is 11.6 Å². The van der Waals surface area contributed by atoms with Crippen molar-refractivity contribution in [3.63, 3.8) is 0 Å². The predicted octanol–water partition coefficient (Wildman–Crippen LogP) is 1.92. The zero-order valence-electron chi connectivity index (χ0n) is 9.15. The number of esters is 2. The number of halogens is 1. The minimum atomic E-state index is -0.810. The Morgan fingerprint density at radius 3 is 2.12 bits per heavy atom. The zero-order chi connectivity index (χ0) is 13.0. The molecule has 0 radical (unpaired) electrons. The molecule has 0 atom stereocenters. The normalized spacial score (nSPS) is 9.59. The third kappa shape index (κ3) is 3.57. The molecule has 0 aliphatic rings. The molecule has 0 amide bonds. The summed E-state index contributed by atoms with van der Waals surface area (Å²) in [6, 6.07) is 4.21. The van der Waals surface area contributed by atoms with Gasteiger partial charge in [0.15, 0.2) is 11.5 Å². The van der Waals surface area contributed by atoms with E-state index in [9.17, 15) is 14.4 Å². The van der Waals surface area contributed by atoms with Crippen LogP contribution in [0.5, 0.6) is 11.5 Å². The van der Waals surface area contributed by atoms with E-state index in [4.69, 9.17) is 21.1 Å². The van der Waals surface area contributed by atoms with Crippen LogP contribution in [0.2, 0.25) is 0 Å². The molecule has 5 nitrogen and oxygen atoms in total. The van der Waals surface area contributed by atoms with Crippen molar-refractivity contribution < 1.29 is 23.9 Å². The fourth-order valence-corrected chi connectivity index (χ4v) is 1.30. The van der Waals surface area contributed by atoms with E-state index >= 15 is 0 Å². The van der Waals surface area contributed by atoms with Gasteiger partial charge in [-0.05, 0) is 23.7 Å². The molecule has 0 N–H and O–H groups in total. The van der Waals surface area contributed by atoms with E-state index in [0.29, 0.717) is 0 Å². The molecule has 6 heteroatoms. The standard InChI is InChI=1S/C11H9ClO5/c1-6(13)16-9-5-3-4-8(11(12)15)10(9)17-7(2)14/h3-5H,1-2H3. The van der Waals surface area contributed by atoms with E-state index in [2.05, 4.69) is 0 Å². The highest BCUT2D eigenvalue weighted by atomic mass is 35.5. The van der Waals surface area contributed by atoms with Crippen LogP contribution in [0.1, 0.15) is 24.2 Å². The van der Waals surface area contributed by atoms with E-state index in [0.717, 1.165) is 6.92 Å². The first-order chi connectivity index (χ1) is 7.91. The van der Waals surface area contributed by atoms with Crippen LogP contribution in [0, 0.1) is 0 Å². The molecular weight excluding hydrogens is 248 g/mol. The maximum atomic E-state index is 11.1. The summed E-state index contributed by atoms with van der Waals surface area (Å²) in [4.78, 5) is 32.9. The molecular formula is C11H9ClO5. The molecule has 0 spiro atoms. The fourth-order valence-electron chi connectivity index (χ4n) is 1.15. The first-order valence-electron chi connectivity index (χ1n) is 4.61. The number of hydrogen-bond acceptors (Lipinski definition) is 5. The monoisotopic (exact) mass is 256 g/mol. The second-order valence-corrected chi connectivity index (χ2v) is 3.44. The molecule has 0 bridgehead atoms. The van der Waals surface area contributed by atoms with Gasteiger partial charge in [0.25, 0.3) is 5.24 Å². The molecule has 0 saturated heterocycles. The number of rotatable bonds is 3. The van der Waals surface area contributed by atoms with Gasteiger partial charge in [0, 0.05) is 13.8 Å². The number of benzene rings is 1. The van der Waals surface area contributed by atoms with Crippen LogP contribution in [0.15, 0.2) is 18.2 Å². The quantitative estimate of drug-likeness (QED) is 0.469. The van der Waals surface area contributed by atoms with Crippen molar-refractivity contribution in [2.75, 3.05) is 0 Å². The van der Waals surface area contributed by atoms with Gasteiger partial charge in [0.2, 0.25) is 0 Å². The van der Waals surface area contributed by atoms with Gasteiger partial charge < -0.3 is 9.47 Å². The van der Waals surface area contributed by atoms with Crippen molar-refractivity contribution in [1.82, 2.24) is 0 Å². The Bertz CT molecular complexity index is 481. The second-order valence-electron chi connectivity index (χ2n) is 3.09. The van der Waals surface area contributed by atoms with Crippen LogP contribution in [-0.2, 0) is 9.59 Å². The first-order valence-corrected chi connectivity index (χ1v) is 4.99. The molecule has 0 heterocycles. The summed E-state index contributed by atoms with van der Waals surface area (Å²) < 4.78 is 9.63. The number of para-hydroxylation sites is 1. The zero-order valence-corrected chi connectivity index (χ0v) is 9.91. The summed E-state index contributed by atoms with van der Waals surface area (Å²) in [6.45, 7) is 2.35. The van der Waals surface area contributed by atoms with Gasteiger partial charge in [-0.2, -0.15) is 0 Å². The lowest BCUT2D eigenvalue weighted by atomic mass is 10.2. The third-order valence-electron chi connectivity index (χ3n) is 1.69. The molecule has 1 aromatic carbocycles. The van der Waals surface area contributed by atoms with Gasteiger partial charge in [-0.1, -0.05) is 6.07 Å². The highest BCUT2D eigenvalue weighted by Crippen LogP contribution is 2.32. The van der Waals surface area contributed by atoms with Crippen LogP contribution in [0.4, 0.5) is 0 Å². The van der Waals surface area contributed by atoms with E-state index < -0.39 is 17.2 Å². The van der Waals surface area contributed by atoms with E-state index in [1.54, 1.807) is 0 Å². The number of carbonyl (C=O) groups is 3. The summed E-state index contributed by atoms with van der Waals surface area (Å²) in [7, 11) is 0. The summed E-state index contributed by atoms with van der Waals surface area (Å²) in [5, 5.41) is -0.810. The highest BCUT2D eigenvalue weighted by molar-refractivity contribution is 6.68. The van der Waals surface area contributed by atoms with Gasteiger partial charge in [-0.15, -0.1) is 0 Å². The summed E-state index contributed by atoms with van der Waals surface area (Å²) in [6.07, 6.45) is 0. The van der Waals surface area contributed by atoms with Crippen molar-refractivity contribution in [3.8, 4) is 11.5 Å². The summed E-state index contributed by atoms with van der Waals surface area (Å²) in [5.74, 6) is -1.43. The molecule has 0 saturated carbocycles. The van der Waals surface area contributed by atoms with Crippen LogP contribution in [0.3, 0.4) is 0 Å². The molecule has 0 fully saturated rings. The van der Waals surface area contributed by atoms with E-state index in [1.165, 1.54) is 25.1 Å². The smallest absolute Gasteiger partial charge is 0.308 e. The Kier molecular flexibility index (Phi) is 4.23. The Morgan fingerprint density at radius 2 is 1.65 bits per heavy atom. The SMILES string of the molecule is CC(=O)Oc1cccc(C(=O)Cl)c1OC(C)=O. The molecule has 0 aromatic heterocycles. The lowest BCUT2D eigenvalue weighted by Gasteiger charge is -2.10. The average molecular weight is 257 g/mol. The topological polar surface area (TPSA) is 69.7 Å². The van der Waals surface area contributed by atoms with Crippen molar-refractivity contribution in [2.24, 2.45) is 0 Å². The Labute approximate surface area is 102 Å². The fraction of sp³-hybridized carbons (Fsp3) is 0.182. The maximum absolute atomic E-state index is 11.1. The number of carbonyl (C=O) groups excluding carboxylic acids is 3. The molecule has 0 aliphatic heterocycles. The maximum Gasteiger partial charge on any atom is 0.308 e. The number of ether oxygens (including phenoxy) is 2. The molecule has 0 unspecified atom stereocenters. The average Bonchev–Trinajstić information content (AvgIpc) is 2.18. The lowest BCUT2D eigenvalue weighted by molar-refractivity contribution is -0.134. The van der Waals surface area contributed by atoms with Crippen molar-refractivity contribution in [2.45, 2.75) is 13.8 Å². The minimum Gasteiger partial charge on any atom is -0.423 e. The Morgan fingerprint density at radius 1 is 1.06 bits per heavy atom. The van der Waals surface area contributed by atoms with E-state index in [-0.39, 0.29) is 17.1 Å². The molecule has 0 aliphatic carbocycles. The van der Waals surface area contributed by atoms with E-state index in [1.807, 2.05) is 0 Å². The number of hydrogen-bond donors (Lipinski definition) is 0. The van der Waals surface area contributed by atoms with Gasteiger partial charge in [0.05, 0.1) is 5.56 Å². The van der Waals surface area contributed by atoms with Crippen molar-refractivity contribution in [1.29, 1.82) is 0 Å².